The second kappa shape index (κ2) is 22.6. The first-order valence-electron chi connectivity index (χ1n) is 18.1. The highest BCUT2D eigenvalue weighted by Crippen LogP contribution is 2.19. The molecule has 19 heteroatoms. The molecule has 13 N–H and O–H groups in total. The molecule has 0 spiro atoms. The number of unbranched alkanes of at least 4 members (excludes halogenated alkanes) is 1. The van der Waals surface area contributed by atoms with Crippen LogP contribution in [-0.2, 0) is 44.8 Å². The number of para-hydroxylation sites is 1. The fraction of sp³-hybridized carbons (Fsp3) is 0.556. The first-order chi connectivity index (χ1) is 25.9. The highest BCUT2D eigenvalue weighted by Gasteiger charge is 2.33. The quantitative estimate of drug-likeness (QED) is 0.0566. The summed E-state index contributed by atoms with van der Waals surface area (Å²) in [4.78, 5) is 104. The second-order valence-electron chi connectivity index (χ2n) is 13.8. The average molecular weight is 775 g/mol. The smallest absolute Gasteiger partial charge is 0.325 e. The van der Waals surface area contributed by atoms with E-state index in [0.717, 1.165) is 10.9 Å². The molecule has 304 valence electrons. The van der Waals surface area contributed by atoms with E-state index in [0.29, 0.717) is 18.4 Å². The van der Waals surface area contributed by atoms with Crippen molar-refractivity contribution in [3.63, 3.8) is 0 Å². The molecular formula is C36H54N8O11. The molecule has 1 aromatic heterocycles. The van der Waals surface area contributed by atoms with E-state index in [1.54, 1.807) is 26.1 Å². The van der Waals surface area contributed by atoms with Gasteiger partial charge in [-0.2, -0.15) is 0 Å². The predicted octanol–water partition coefficient (Wildman–Crippen LogP) is -0.529. The molecule has 2 rings (SSSR count). The number of hydrogen-bond acceptors (Lipinski definition) is 10. The third-order valence-corrected chi connectivity index (χ3v) is 8.67. The summed E-state index contributed by atoms with van der Waals surface area (Å²) in [7, 11) is 0. The maximum Gasteiger partial charge on any atom is 0.325 e. The Bertz CT molecular complexity index is 1660. The summed E-state index contributed by atoms with van der Waals surface area (Å²) in [6.45, 7) is 5.06. The van der Waals surface area contributed by atoms with Gasteiger partial charge in [-0.25, -0.2) is 0 Å². The maximum atomic E-state index is 13.9. The van der Waals surface area contributed by atoms with E-state index in [2.05, 4.69) is 31.6 Å². The Morgan fingerprint density at radius 2 is 1.20 bits per heavy atom. The van der Waals surface area contributed by atoms with E-state index < -0.39 is 96.5 Å². The Labute approximate surface area is 318 Å². The molecule has 55 heavy (non-hydrogen) atoms. The summed E-state index contributed by atoms with van der Waals surface area (Å²) in [5.41, 5.74) is 12.9. The van der Waals surface area contributed by atoms with Gasteiger partial charge in [0.25, 0.3) is 0 Å². The number of nitrogens with two attached hydrogens (primary N) is 2. The average Bonchev–Trinajstić information content (AvgIpc) is 3.53. The molecule has 0 aliphatic heterocycles. The zero-order valence-electron chi connectivity index (χ0n) is 31.3. The first kappa shape index (κ1) is 45.6. The van der Waals surface area contributed by atoms with Crippen LogP contribution in [0.25, 0.3) is 10.9 Å². The number of aromatic nitrogens is 1. The molecule has 2 aromatic rings. The van der Waals surface area contributed by atoms with Crippen LogP contribution in [-0.4, -0.2) is 111 Å². The standard InChI is InChI=1S/C36H54N8O11/c1-19(2)16-27(43-31(49)23(38)11-13-29(45)46)35(53)42-26(12-14-30(47)48)33(51)41-25(10-6-7-15-37)32(50)44-28(34(52)40-20(3)36(54)55)17-21-18-39-24-9-5-4-8-22(21)24/h4-5,8-9,18-20,23,25-28,39H,6-7,10-17,37-38H2,1-3H3,(H,40,52)(H,41,51)(H,42,53)(H,43,49)(H,44,50)(H,45,46)(H,47,48)(H,54,55)/t20-,23-,25-,26-,27-,28-/m0/s1. The summed E-state index contributed by atoms with van der Waals surface area (Å²) in [5, 5.41) is 41.0. The molecule has 1 heterocycles. The molecular weight excluding hydrogens is 720 g/mol. The number of rotatable bonds is 25. The molecule has 0 unspecified atom stereocenters. The Morgan fingerprint density at radius 1 is 0.673 bits per heavy atom. The van der Waals surface area contributed by atoms with E-state index in [1.165, 1.54) is 6.92 Å². The van der Waals surface area contributed by atoms with Gasteiger partial charge in [0, 0.05) is 36.4 Å². The third kappa shape index (κ3) is 15.8. The summed E-state index contributed by atoms with van der Waals surface area (Å²) >= 11 is 0. The number of carbonyl (C=O) groups excluding carboxylic acids is 5. The second-order valence-corrected chi connectivity index (χ2v) is 13.8. The highest BCUT2D eigenvalue weighted by atomic mass is 16.4. The van der Waals surface area contributed by atoms with Gasteiger partial charge in [0.1, 0.15) is 30.2 Å². The van der Waals surface area contributed by atoms with Gasteiger partial charge in [0.15, 0.2) is 0 Å². The van der Waals surface area contributed by atoms with Crippen LogP contribution in [0.5, 0.6) is 0 Å². The van der Waals surface area contributed by atoms with Gasteiger partial charge in [-0.3, -0.25) is 38.4 Å². The van der Waals surface area contributed by atoms with Gasteiger partial charge in [0.05, 0.1) is 6.04 Å². The van der Waals surface area contributed by atoms with Crippen LogP contribution in [0, 0.1) is 5.92 Å². The molecule has 5 amide bonds. The maximum absolute atomic E-state index is 13.9. The van der Waals surface area contributed by atoms with Gasteiger partial charge >= 0.3 is 17.9 Å². The molecule has 6 atom stereocenters. The van der Waals surface area contributed by atoms with E-state index in [9.17, 15) is 48.6 Å². The van der Waals surface area contributed by atoms with Crippen molar-refractivity contribution in [3.05, 3.63) is 36.0 Å². The van der Waals surface area contributed by atoms with Crippen LogP contribution in [0.2, 0.25) is 0 Å². The number of hydrogen-bond donors (Lipinski definition) is 11. The first-order valence-corrected chi connectivity index (χ1v) is 18.1. The Morgan fingerprint density at radius 3 is 1.78 bits per heavy atom. The van der Waals surface area contributed by atoms with Crippen LogP contribution in [0.1, 0.15) is 77.7 Å². The van der Waals surface area contributed by atoms with Crippen molar-refractivity contribution in [2.45, 2.75) is 115 Å². The van der Waals surface area contributed by atoms with E-state index in [-0.39, 0.29) is 44.6 Å². The van der Waals surface area contributed by atoms with Gasteiger partial charge < -0.3 is 58.4 Å². The zero-order chi connectivity index (χ0) is 41.2. The molecule has 0 bridgehead atoms. The number of amides is 5. The number of benzene rings is 1. The van der Waals surface area contributed by atoms with Gasteiger partial charge in [-0.05, 0) is 69.5 Å². The van der Waals surface area contributed by atoms with Crippen molar-refractivity contribution in [3.8, 4) is 0 Å². The number of carboxylic acid groups (broad SMARTS) is 3. The number of aliphatic carboxylic acids is 3. The van der Waals surface area contributed by atoms with Gasteiger partial charge in [-0.15, -0.1) is 0 Å². The Balaban J connectivity index is 2.36. The lowest BCUT2D eigenvalue weighted by molar-refractivity contribution is -0.142. The minimum absolute atomic E-state index is 0.0294. The van der Waals surface area contributed by atoms with Crippen molar-refractivity contribution >= 4 is 58.3 Å². The molecule has 0 aliphatic rings. The van der Waals surface area contributed by atoms with Crippen LogP contribution in [0.15, 0.2) is 30.5 Å². The number of fused-ring (bicyclic) bond motifs is 1. The van der Waals surface area contributed by atoms with Gasteiger partial charge in [0.2, 0.25) is 29.5 Å². The summed E-state index contributed by atoms with van der Waals surface area (Å²) in [6.07, 6.45) is 0.981. The predicted molar refractivity (Wildman–Crippen MR) is 199 cm³/mol. The monoisotopic (exact) mass is 774 g/mol. The third-order valence-electron chi connectivity index (χ3n) is 8.67. The molecule has 0 saturated heterocycles. The van der Waals surface area contributed by atoms with E-state index in [1.807, 2.05) is 18.2 Å². The van der Waals surface area contributed by atoms with E-state index in [4.69, 9.17) is 16.6 Å². The summed E-state index contributed by atoms with van der Waals surface area (Å²) < 4.78 is 0. The SMILES string of the molecule is CC(C)C[C@H](NC(=O)[C@@H](N)CCC(=O)O)C(=O)N[C@@H](CCC(=O)O)C(=O)N[C@@H](CCCCN)C(=O)N[C@@H](Cc1c[nH]c2ccccc12)C(=O)N[C@@H](C)C(=O)O. The molecule has 0 radical (unpaired) electrons. The minimum Gasteiger partial charge on any atom is -0.481 e. The topological polar surface area (TPSA) is 325 Å². The lowest BCUT2D eigenvalue weighted by Crippen LogP contribution is -2.59. The number of carboxylic acids is 3. The van der Waals surface area contributed by atoms with Crippen LogP contribution < -0.4 is 38.1 Å². The van der Waals surface area contributed by atoms with Gasteiger partial charge in [-0.1, -0.05) is 32.0 Å². The molecule has 1 aromatic carbocycles. The van der Waals surface area contributed by atoms with Crippen LogP contribution >= 0.6 is 0 Å². The van der Waals surface area contributed by atoms with E-state index >= 15 is 0 Å². The minimum atomic E-state index is -1.50. The van der Waals surface area contributed by atoms with Crippen LogP contribution in [0.4, 0.5) is 0 Å². The normalized spacial score (nSPS) is 14.4. The Hall–Kier alpha value is -5.56. The number of aromatic amines is 1. The van der Waals surface area contributed by atoms with Crippen LogP contribution in [0.3, 0.4) is 0 Å². The highest BCUT2D eigenvalue weighted by molar-refractivity contribution is 5.97. The van der Waals surface area contributed by atoms with Crippen molar-refractivity contribution in [2.75, 3.05) is 6.54 Å². The lowest BCUT2D eigenvalue weighted by atomic mass is 10.0. The molecule has 19 nitrogen and oxygen atoms in total. The van der Waals surface area contributed by atoms with Crippen molar-refractivity contribution in [1.82, 2.24) is 31.6 Å². The van der Waals surface area contributed by atoms with Crippen molar-refractivity contribution in [1.29, 1.82) is 0 Å². The molecule has 0 aliphatic carbocycles. The zero-order valence-corrected chi connectivity index (χ0v) is 31.3. The van der Waals surface area contributed by atoms with Crippen molar-refractivity contribution < 1.29 is 53.7 Å². The molecule has 0 fully saturated rings. The Kier molecular flexibility index (Phi) is 18.7. The van der Waals surface area contributed by atoms with Crippen molar-refractivity contribution in [2.24, 2.45) is 17.4 Å². The largest absolute Gasteiger partial charge is 0.481 e. The number of nitrogens with one attached hydrogen (secondary N) is 6. The number of H-pyrrole nitrogens is 1. The number of carbonyl (C=O) groups is 8. The fourth-order valence-electron chi connectivity index (χ4n) is 5.61. The summed E-state index contributed by atoms with van der Waals surface area (Å²) in [6, 6.07) is -0.646. The fourth-order valence-corrected chi connectivity index (χ4v) is 5.61. The lowest BCUT2D eigenvalue weighted by Gasteiger charge is -2.27. The summed E-state index contributed by atoms with van der Waals surface area (Å²) in [5.74, 6) is -8.06. The molecule has 0 saturated carbocycles.